The summed E-state index contributed by atoms with van der Waals surface area (Å²) in [5.74, 6) is 1.43. The number of carbonyl (C=O) groups excluding carboxylic acids is 2. The van der Waals surface area contributed by atoms with E-state index in [1.807, 2.05) is 0 Å². The summed E-state index contributed by atoms with van der Waals surface area (Å²) in [6.45, 7) is 8.05. The predicted molar refractivity (Wildman–Crippen MR) is 207 cm³/mol. The first-order chi connectivity index (χ1) is 27.8. The maximum Gasteiger partial charge on any atom is 0.409 e. The molecule has 8 unspecified atom stereocenters. The fourth-order valence-corrected chi connectivity index (χ4v) is 9.41. The Balaban J connectivity index is 1.16. The van der Waals surface area contributed by atoms with Gasteiger partial charge in [-0.15, -0.1) is 10.1 Å². The van der Waals surface area contributed by atoms with Gasteiger partial charge in [0.25, 0.3) is 5.09 Å². The topological polar surface area (TPSA) is 170 Å². The van der Waals surface area contributed by atoms with E-state index in [1.54, 1.807) is 19.1 Å². The molecule has 2 saturated carbocycles. The molecule has 1 aromatic carbocycles. The van der Waals surface area contributed by atoms with Crippen molar-refractivity contribution in [1.29, 1.82) is 0 Å². The van der Waals surface area contributed by atoms with Crippen LogP contribution in [-0.4, -0.2) is 152 Å². The number of fused-ring (bicyclic) bond motifs is 2. The van der Waals surface area contributed by atoms with Crippen molar-refractivity contribution in [2.45, 2.75) is 75.7 Å². The lowest BCUT2D eigenvalue weighted by molar-refractivity contribution is -0.757. The number of morpholine rings is 1. The summed E-state index contributed by atoms with van der Waals surface area (Å²) < 4.78 is 40.7. The summed E-state index contributed by atoms with van der Waals surface area (Å²) in [4.78, 5) is 46.2. The van der Waals surface area contributed by atoms with E-state index in [4.69, 9.17) is 33.2 Å². The quantitative estimate of drug-likeness (QED) is 0.0967. The zero-order valence-electron chi connectivity index (χ0n) is 33.8. The number of piperidine rings is 1. The van der Waals surface area contributed by atoms with Gasteiger partial charge in [0, 0.05) is 77.9 Å². The molecular formula is C41H64N4O12. The van der Waals surface area contributed by atoms with Crippen LogP contribution in [0.15, 0.2) is 24.3 Å². The third-order valence-electron chi connectivity index (χ3n) is 12.5. The molecule has 3 saturated heterocycles. The van der Waals surface area contributed by atoms with Gasteiger partial charge in [0.1, 0.15) is 0 Å². The van der Waals surface area contributed by atoms with Crippen LogP contribution in [0.2, 0.25) is 0 Å². The van der Waals surface area contributed by atoms with Gasteiger partial charge in [-0.05, 0) is 73.3 Å². The second-order valence-electron chi connectivity index (χ2n) is 16.3. The minimum absolute atomic E-state index is 0.0207. The van der Waals surface area contributed by atoms with Crippen molar-refractivity contribution in [1.82, 2.24) is 15.1 Å². The highest BCUT2D eigenvalue weighted by Gasteiger charge is 2.54. The number of hydrogen-bond donors (Lipinski definition) is 1. The average molecular weight is 805 g/mol. The number of rotatable bonds is 23. The Kier molecular flexibility index (Phi) is 17.0. The van der Waals surface area contributed by atoms with Crippen molar-refractivity contribution >= 4 is 12.0 Å². The van der Waals surface area contributed by atoms with Gasteiger partial charge in [0.2, 0.25) is 5.91 Å². The second kappa shape index (κ2) is 22.3. The standard InChI is InChI=1S/C41H64N4O12/c1-50-14-5-12-43-13-17-54-37-11-8-30(20-36(37)43)26-56-38-24-44(41(47)55-15-3-4-16-57-45(48)49)23-32(22-42-39(46)21-33-34-27-53-28-35(33)34)40(38)31-9-6-29(7-10-31)25-52-19-18-51-2/h6-7,9-10,30,32-38,40H,3-5,8,11-28H2,1-2H3,(H,42,46). The van der Waals surface area contributed by atoms with Crippen LogP contribution in [0.1, 0.15) is 62.0 Å². The van der Waals surface area contributed by atoms with Crippen molar-refractivity contribution < 1.29 is 52.7 Å². The highest BCUT2D eigenvalue weighted by atomic mass is 16.9. The molecule has 320 valence electrons. The van der Waals surface area contributed by atoms with Gasteiger partial charge < -0.3 is 48.2 Å². The van der Waals surface area contributed by atoms with Crippen LogP contribution in [0.25, 0.3) is 0 Å². The number of methoxy groups -OCH3 is 2. The molecule has 8 atom stereocenters. The molecule has 0 radical (unpaired) electrons. The number of nitrogens with zero attached hydrogens (tertiary/aromatic N) is 3. The van der Waals surface area contributed by atoms with E-state index >= 15 is 0 Å². The summed E-state index contributed by atoms with van der Waals surface area (Å²) in [7, 11) is 3.40. The van der Waals surface area contributed by atoms with Crippen molar-refractivity contribution in [3.05, 3.63) is 45.5 Å². The van der Waals surface area contributed by atoms with Gasteiger partial charge >= 0.3 is 6.09 Å². The van der Waals surface area contributed by atoms with E-state index in [9.17, 15) is 19.7 Å². The number of ether oxygens (including phenoxy) is 7. The summed E-state index contributed by atoms with van der Waals surface area (Å²) in [6.07, 6.45) is 4.65. The van der Waals surface area contributed by atoms with Crippen molar-refractivity contribution in [3.63, 3.8) is 0 Å². The number of likely N-dealkylation sites (tertiary alicyclic amines) is 1. The lowest BCUT2D eigenvalue weighted by Gasteiger charge is -2.47. The Labute approximate surface area is 336 Å². The van der Waals surface area contributed by atoms with E-state index in [-0.39, 0.29) is 43.2 Å². The summed E-state index contributed by atoms with van der Waals surface area (Å²) in [6, 6.07) is 8.74. The number of carbonyl (C=O) groups is 2. The Morgan fingerprint density at radius 1 is 0.965 bits per heavy atom. The number of amides is 2. The van der Waals surface area contributed by atoms with E-state index in [0.29, 0.717) is 95.0 Å². The largest absolute Gasteiger partial charge is 0.449 e. The average Bonchev–Trinajstić information content (AvgIpc) is 3.60. The Hall–Kier alpha value is -3.12. The van der Waals surface area contributed by atoms with Gasteiger partial charge in [-0.1, -0.05) is 24.3 Å². The molecule has 2 amide bonds. The molecule has 16 nitrogen and oxygen atoms in total. The van der Waals surface area contributed by atoms with Crippen molar-refractivity contribution in [2.24, 2.45) is 29.6 Å². The van der Waals surface area contributed by atoms with Crippen LogP contribution in [0.4, 0.5) is 4.79 Å². The van der Waals surface area contributed by atoms with Crippen LogP contribution in [0, 0.1) is 39.7 Å². The van der Waals surface area contributed by atoms with Crippen LogP contribution >= 0.6 is 0 Å². The van der Waals surface area contributed by atoms with E-state index in [1.165, 1.54) is 0 Å². The predicted octanol–water partition coefficient (Wildman–Crippen LogP) is 3.68. The Bertz CT molecular complexity index is 1400. The van der Waals surface area contributed by atoms with E-state index in [2.05, 4.69) is 39.3 Å². The van der Waals surface area contributed by atoms with Crippen LogP contribution in [-0.2, 0) is 49.4 Å². The lowest BCUT2D eigenvalue weighted by Crippen LogP contribution is -2.55. The van der Waals surface area contributed by atoms with E-state index in [0.717, 1.165) is 76.3 Å². The molecule has 57 heavy (non-hydrogen) atoms. The number of nitrogens with one attached hydrogen (secondary N) is 1. The summed E-state index contributed by atoms with van der Waals surface area (Å²) >= 11 is 0. The monoisotopic (exact) mass is 804 g/mol. The Morgan fingerprint density at radius 3 is 2.53 bits per heavy atom. The third-order valence-corrected chi connectivity index (χ3v) is 12.5. The normalized spacial score (nSPS) is 29.6. The highest BCUT2D eigenvalue weighted by Crippen LogP contribution is 2.52. The molecular weight excluding hydrogens is 740 g/mol. The molecule has 2 aliphatic carbocycles. The molecule has 5 aliphatic rings. The molecule has 0 bridgehead atoms. The highest BCUT2D eigenvalue weighted by molar-refractivity contribution is 5.76. The number of hydrogen-bond acceptors (Lipinski definition) is 13. The third kappa shape index (κ3) is 12.7. The molecule has 0 spiro atoms. The van der Waals surface area contributed by atoms with E-state index < -0.39 is 11.2 Å². The Morgan fingerprint density at radius 2 is 1.75 bits per heavy atom. The first-order valence-electron chi connectivity index (χ1n) is 21.0. The minimum atomic E-state index is -0.821. The molecule has 1 N–H and O–H groups in total. The fourth-order valence-electron chi connectivity index (χ4n) is 9.41. The maximum atomic E-state index is 13.6. The first kappa shape index (κ1) is 43.5. The number of unbranched alkanes of at least 4 members (excludes halogenated alkanes) is 1. The molecule has 3 heterocycles. The van der Waals surface area contributed by atoms with Gasteiger partial charge in [-0.3, -0.25) is 9.69 Å². The van der Waals surface area contributed by atoms with Gasteiger partial charge in [-0.25, -0.2) is 4.79 Å². The van der Waals surface area contributed by atoms with Crippen LogP contribution in [0.3, 0.4) is 0 Å². The summed E-state index contributed by atoms with van der Waals surface area (Å²) in [5.41, 5.74) is 2.13. The second-order valence-corrected chi connectivity index (χ2v) is 16.3. The van der Waals surface area contributed by atoms with Crippen molar-refractivity contribution in [2.75, 3.05) is 106 Å². The molecule has 1 aromatic rings. The van der Waals surface area contributed by atoms with Gasteiger partial charge in [0.05, 0.1) is 71.6 Å². The fraction of sp³-hybridized carbons (Fsp3) is 0.805. The van der Waals surface area contributed by atoms with Gasteiger partial charge in [0.15, 0.2) is 0 Å². The smallest absolute Gasteiger partial charge is 0.409 e. The lowest BCUT2D eigenvalue weighted by atomic mass is 9.78. The molecule has 16 heteroatoms. The minimum Gasteiger partial charge on any atom is -0.449 e. The zero-order valence-corrected chi connectivity index (χ0v) is 33.8. The molecule has 5 fully saturated rings. The molecule has 6 rings (SSSR count). The number of benzene rings is 1. The molecule has 0 aromatic heterocycles. The van der Waals surface area contributed by atoms with Crippen molar-refractivity contribution in [3.8, 4) is 0 Å². The molecule has 3 aliphatic heterocycles. The first-order valence-corrected chi connectivity index (χ1v) is 21.0. The maximum absolute atomic E-state index is 13.6. The SMILES string of the molecule is COCCCN1CCOC2CCC(COC3CN(C(=O)OCCCCO[N+](=O)[O-])CC(CNC(=O)CC4C5COCC54)C3c3ccc(COCCOC)cc3)CC21. The summed E-state index contributed by atoms with van der Waals surface area (Å²) in [5, 5.41) is 12.9. The van der Waals surface area contributed by atoms with Gasteiger partial charge in [-0.2, -0.15) is 0 Å². The zero-order chi connectivity index (χ0) is 40.0. The van der Waals surface area contributed by atoms with Crippen LogP contribution < -0.4 is 5.32 Å². The van der Waals surface area contributed by atoms with Crippen LogP contribution in [0.5, 0.6) is 0 Å².